The Morgan fingerprint density at radius 3 is 2.25 bits per heavy atom. The Balaban J connectivity index is 0.00000225. The average molecular weight is 334 g/mol. The van der Waals surface area contributed by atoms with Crippen molar-refractivity contribution in [2.75, 3.05) is 13.1 Å². The van der Waals surface area contributed by atoms with Crippen LogP contribution in [0.5, 0.6) is 0 Å². The lowest BCUT2D eigenvalue weighted by molar-refractivity contribution is 0.839. The largest absolute Gasteiger partial charge is 0.357 e. The van der Waals surface area contributed by atoms with Gasteiger partial charge in [-0.1, -0.05) is 0 Å². The van der Waals surface area contributed by atoms with Crippen molar-refractivity contribution in [3.05, 3.63) is 30.1 Å². The van der Waals surface area contributed by atoms with Crippen LogP contribution in [0.2, 0.25) is 0 Å². The highest BCUT2D eigenvalue weighted by atomic mass is 127. The summed E-state index contributed by atoms with van der Waals surface area (Å²) in [5.41, 5.74) is 1.17. The van der Waals surface area contributed by atoms with Crippen molar-refractivity contribution in [2.24, 2.45) is 4.99 Å². The van der Waals surface area contributed by atoms with Gasteiger partial charge in [0.2, 0.25) is 0 Å². The van der Waals surface area contributed by atoms with E-state index >= 15 is 0 Å². The summed E-state index contributed by atoms with van der Waals surface area (Å²) < 4.78 is 0. The normalized spacial score (nSPS) is 8.88. The molecule has 0 atom stereocenters. The van der Waals surface area contributed by atoms with Gasteiger partial charge in [-0.05, 0) is 31.5 Å². The predicted octanol–water partition coefficient (Wildman–Crippen LogP) is 1.77. The van der Waals surface area contributed by atoms with E-state index < -0.39 is 0 Å². The molecular formula is C11H19IN4. The molecule has 4 nitrogen and oxygen atoms in total. The Labute approximate surface area is 114 Å². The second kappa shape index (κ2) is 9.38. The van der Waals surface area contributed by atoms with E-state index in [1.165, 1.54) is 5.56 Å². The molecule has 16 heavy (non-hydrogen) atoms. The van der Waals surface area contributed by atoms with Gasteiger partial charge in [0.05, 0.1) is 6.54 Å². The molecule has 0 aliphatic carbocycles. The number of pyridine rings is 1. The number of hydrogen-bond acceptors (Lipinski definition) is 2. The van der Waals surface area contributed by atoms with Crippen LogP contribution < -0.4 is 10.6 Å². The summed E-state index contributed by atoms with van der Waals surface area (Å²) >= 11 is 0. The lowest BCUT2D eigenvalue weighted by atomic mass is 10.3. The third-order valence-electron chi connectivity index (χ3n) is 1.86. The van der Waals surface area contributed by atoms with Crippen LogP contribution in [-0.4, -0.2) is 24.0 Å². The standard InChI is InChI=1S/C11H18N4.HI/c1-3-13-11(14-4-2)15-9-10-5-7-12-8-6-10;/h5-8H,3-4,9H2,1-2H3,(H2,13,14,15);1H. The van der Waals surface area contributed by atoms with E-state index in [1.54, 1.807) is 12.4 Å². The quantitative estimate of drug-likeness (QED) is 0.501. The maximum Gasteiger partial charge on any atom is 0.191 e. The molecule has 0 saturated carbocycles. The molecule has 0 fully saturated rings. The zero-order valence-corrected chi connectivity index (χ0v) is 12.1. The molecule has 0 aliphatic rings. The molecule has 0 saturated heterocycles. The molecule has 0 spiro atoms. The highest BCUT2D eigenvalue weighted by Crippen LogP contribution is 1.97. The van der Waals surface area contributed by atoms with Crippen LogP contribution in [0.1, 0.15) is 19.4 Å². The van der Waals surface area contributed by atoms with E-state index in [4.69, 9.17) is 0 Å². The average Bonchev–Trinajstić information content (AvgIpc) is 2.28. The fourth-order valence-corrected chi connectivity index (χ4v) is 1.17. The number of nitrogens with zero attached hydrogens (tertiary/aromatic N) is 2. The van der Waals surface area contributed by atoms with E-state index in [1.807, 2.05) is 12.1 Å². The number of halogens is 1. The van der Waals surface area contributed by atoms with Crippen molar-refractivity contribution in [3.8, 4) is 0 Å². The minimum absolute atomic E-state index is 0. The molecule has 5 heteroatoms. The highest BCUT2D eigenvalue weighted by molar-refractivity contribution is 14.0. The number of aliphatic imine (C=N–C) groups is 1. The zero-order valence-electron chi connectivity index (χ0n) is 9.73. The van der Waals surface area contributed by atoms with Gasteiger partial charge in [-0.25, -0.2) is 4.99 Å². The summed E-state index contributed by atoms with van der Waals surface area (Å²) in [4.78, 5) is 8.41. The van der Waals surface area contributed by atoms with Crippen LogP contribution in [0.15, 0.2) is 29.5 Å². The van der Waals surface area contributed by atoms with Crippen LogP contribution in [-0.2, 0) is 6.54 Å². The van der Waals surface area contributed by atoms with Gasteiger partial charge in [-0.15, -0.1) is 24.0 Å². The molecule has 1 aromatic rings. The van der Waals surface area contributed by atoms with Crippen LogP contribution in [0.3, 0.4) is 0 Å². The molecule has 90 valence electrons. The van der Waals surface area contributed by atoms with Crippen molar-refractivity contribution < 1.29 is 0 Å². The number of guanidine groups is 1. The molecule has 1 aromatic heterocycles. The van der Waals surface area contributed by atoms with Crippen LogP contribution >= 0.6 is 24.0 Å². The lowest BCUT2D eigenvalue weighted by Gasteiger charge is -2.08. The predicted molar refractivity (Wildman–Crippen MR) is 78.1 cm³/mol. The third kappa shape index (κ3) is 5.89. The Morgan fingerprint density at radius 1 is 1.19 bits per heavy atom. The summed E-state index contributed by atoms with van der Waals surface area (Å²) in [6, 6.07) is 3.94. The minimum atomic E-state index is 0. The van der Waals surface area contributed by atoms with Gasteiger partial charge in [-0.3, -0.25) is 4.98 Å². The Hall–Kier alpha value is -0.850. The van der Waals surface area contributed by atoms with Crippen molar-refractivity contribution >= 4 is 29.9 Å². The monoisotopic (exact) mass is 334 g/mol. The minimum Gasteiger partial charge on any atom is -0.357 e. The highest BCUT2D eigenvalue weighted by Gasteiger charge is 1.94. The van der Waals surface area contributed by atoms with Crippen LogP contribution in [0.4, 0.5) is 0 Å². The number of rotatable bonds is 4. The van der Waals surface area contributed by atoms with Gasteiger partial charge in [-0.2, -0.15) is 0 Å². The van der Waals surface area contributed by atoms with E-state index in [0.717, 1.165) is 19.0 Å². The summed E-state index contributed by atoms with van der Waals surface area (Å²) in [6.45, 7) is 6.54. The zero-order chi connectivity index (χ0) is 10.9. The van der Waals surface area contributed by atoms with Crippen LogP contribution in [0.25, 0.3) is 0 Å². The summed E-state index contributed by atoms with van der Waals surface area (Å²) in [6.07, 6.45) is 3.57. The molecule has 0 radical (unpaired) electrons. The van der Waals surface area contributed by atoms with Gasteiger partial charge >= 0.3 is 0 Å². The van der Waals surface area contributed by atoms with Crippen molar-refractivity contribution in [3.63, 3.8) is 0 Å². The molecule has 1 heterocycles. The molecule has 0 aliphatic heterocycles. The van der Waals surface area contributed by atoms with Gasteiger partial charge in [0.1, 0.15) is 0 Å². The lowest BCUT2D eigenvalue weighted by Crippen LogP contribution is -2.36. The van der Waals surface area contributed by atoms with Crippen LogP contribution in [0, 0.1) is 0 Å². The van der Waals surface area contributed by atoms with E-state index in [2.05, 4.69) is 34.5 Å². The van der Waals surface area contributed by atoms with Crippen molar-refractivity contribution in [1.82, 2.24) is 15.6 Å². The second-order valence-corrected chi connectivity index (χ2v) is 3.08. The summed E-state index contributed by atoms with van der Waals surface area (Å²) in [7, 11) is 0. The first-order valence-corrected chi connectivity index (χ1v) is 5.28. The topological polar surface area (TPSA) is 49.3 Å². The Bertz CT molecular complexity index is 292. The first kappa shape index (κ1) is 15.2. The molecule has 0 aromatic carbocycles. The van der Waals surface area contributed by atoms with Crippen molar-refractivity contribution in [1.29, 1.82) is 0 Å². The van der Waals surface area contributed by atoms with Gasteiger partial charge in [0, 0.05) is 25.5 Å². The first-order valence-electron chi connectivity index (χ1n) is 5.28. The van der Waals surface area contributed by atoms with E-state index in [9.17, 15) is 0 Å². The fourth-order valence-electron chi connectivity index (χ4n) is 1.17. The van der Waals surface area contributed by atoms with Gasteiger partial charge in [0.25, 0.3) is 0 Å². The maximum absolute atomic E-state index is 4.44. The molecule has 0 unspecified atom stereocenters. The smallest absolute Gasteiger partial charge is 0.191 e. The van der Waals surface area contributed by atoms with E-state index in [-0.39, 0.29) is 24.0 Å². The first-order chi connectivity index (χ1) is 7.36. The Morgan fingerprint density at radius 2 is 1.75 bits per heavy atom. The van der Waals surface area contributed by atoms with E-state index in [0.29, 0.717) is 6.54 Å². The third-order valence-corrected chi connectivity index (χ3v) is 1.86. The summed E-state index contributed by atoms with van der Waals surface area (Å²) in [5, 5.41) is 6.35. The summed E-state index contributed by atoms with van der Waals surface area (Å²) in [5.74, 6) is 0.858. The molecule has 0 bridgehead atoms. The van der Waals surface area contributed by atoms with Gasteiger partial charge in [0.15, 0.2) is 5.96 Å². The second-order valence-electron chi connectivity index (χ2n) is 3.08. The van der Waals surface area contributed by atoms with Gasteiger partial charge < -0.3 is 10.6 Å². The molecule has 1 rings (SSSR count). The fraction of sp³-hybridized carbons (Fsp3) is 0.455. The molecular weight excluding hydrogens is 315 g/mol. The molecule has 0 amide bonds. The number of hydrogen-bond donors (Lipinski definition) is 2. The SMILES string of the molecule is CCNC(=NCc1ccncc1)NCC.I. The molecule has 2 N–H and O–H groups in total. The Kier molecular flexibility index (Phi) is 8.88. The number of nitrogens with one attached hydrogen (secondary N) is 2. The van der Waals surface area contributed by atoms with Crippen molar-refractivity contribution in [2.45, 2.75) is 20.4 Å². The maximum atomic E-state index is 4.44. The number of aromatic nitrogens is 1.